The van der Waals surface area contributed by atoms with Gasteiger partial charge in [-0.25, -0.2) is 4.39 Å². The zero-order valence-corrected chi connectivity index (χ0v) is 12.8. The van der Waals surface area contributed by atoms with Crippen LogP contribution in [0.5, 0.6) is 0 Å². The maximum absolute atomic E-state index is 13.9. The summed E-state index contributed by atoms with van der Waals surface area (Å²) in [5.74, 6) is 0.597. The molecule has 1 N–H and O–H groups in total. The molecular weight excluding hydrogens is 293 g/mol. The van der Waals surface area contributed by atoms with Gasteiger partial charge in [-0.2, -0.15) is 0 Å². The predicted octanol–water partition coefficient (Wildman–Crippen LogP) is 4.92. The third-order valence-electron chi connectivity index (χ3n) is 2.94. The number of benzene rings is 2. The van der Waals surface area contributed by atoms with Crippen LogP contribution in [0.3, 0.4) is 0 Å². The summed E-state index contributed by atoms with van der Waals surface area (Å²) in [6.07, 6.45) is 0. The molecule has 0 aliphatic heterocycles. The highest BCUT2D eigenvalue weighted by molar-refractivity contribution is 7.99. The molecule has 0 aromatic heterocycles. The Kier molecular flexibility index (Phi) is 5.89. The molecule has 1 unspecified atom stereocenters. The maximum Gasteiger partial charge on any atom is 0.128 e. The summed E-state index contributed by atoms with van der Waals surface area (Å²) in [5, 5.41) is 4.05. The van der Waals surface area contributed by atoms with Crippen LogP contribution in [0.1, 0.15) is 18.5 Å². The van der Waals surface area contributed by atoms with Gasteiger partial charge in [-0.15, -0.1) is 11.8 Å². The van der Waals surface area contributed by atoms with Gasteiger partial charge in [-0.05, 0) is 30.8 Å². The van der Waals surface area contributed by atoms with Crippen LogP contribution in [0, 0.1) is 5.82 Å². The molecule has 0 radical (unpaired) electrons. The van der Waals surface area contributed by atoms with Crippen LogP contribution in [-0.2, 0) is 0 Å². The van der Waals surface area contributed by atoms with E-state index in [-0.39, 0.29) is 11.9 Å². The Morgan fingerprint density at radius 2 is 2.00 bits per heavy atom. The fourth-order valence-electron chi connectivity index (χ4n) is 2.00. The molecule has 0 fully saturated rings. The Balaban J connectivity index is 2.08. The van der Waals surface area contributed by atoms with Crippen LogP contribution >= 0.6 is 23.4 Å². The van der Waals surface area contributed by atoms with Crippen molar-refractivity contribution in [2.45, 2.75) is 17.9 Å². The van der Waals surface area contributed by atoms with Crippen LogP contribution in [0.4, 0.5) is 4.39 Å². The molecule has 4 heteroatoms. The van der Waals surface area contributed by atoms with Crippen molar-refractivity contribution in [3.63, 3.8) is 0 Å². The van der Waals surface area contributed by atoms with Crippen molar-refractivity contribution in [3.8, 4) is 0 Å². The Bertz CT molecular complexity index is 562. The molecule has 0 saturated heterocycles. The summed E-state index contributed by atoms with van der Waals surface area (Å²) >= 11 is 7.65. The quantitative estimate of drug-likeness (QED) is 0.760. The van der Waals surface area contributed by atoms with E-state index in [4.69, 9.17) is 11.6 Å². The zero-order valence-electron chi connectivity index (χ0n) is 11.3. The molecule has 1 nitrogen and oxygen atoms in total. The molecule has 2 rings (SSSR count). The van der Waals surface area contributed by atoms with Crippen molar-refractivity contribution in [2.75, 3.05) is 12.3 Å². The number of hydrogen-bond donors (Lipinski definition) is 1. The molecule has 0 aliphatic carbocycles. The zero-order chi connectivity index (χ0) is 14.4. The smallest absolute Gasteiger partial charge is 0.128 e. The minimum Gasteiger partial charge on any atom is -0.309 e. The van der Waals surface area contributed by atoms with Crippen LogP contribution in [0.15, 0.2) is 53.4 Å². The maximum atomic E-state index is 13.9. The predicted molar refractivity (Wildman–Crippen MR) is 85.0 cm³/mol. The highest BCUT2D eigenvalue weighted by atomic mass is 35.5. The van der Waals surface area contributed by atoms with E-state index in [9.17, 15) is 4.39 Å². The Hall–Kier alpha value is -1.03. The van der Waals surface area contributed by atoms with Gasteiger partial charge in [0.25, 0.3) is 0 Å². The van der Waals surface area contributed by atoms with Crippen LogP contribution in [0.25, 0.3) is 0 Å². The first-order chi connectivity index (χ1) is 9.70. The molecule has 0 heterocycles. The summed E-state index contributed by atoms with van der Waals surface area (Å²) in [6.45, 7) is 2.83. The topological polar surface area (TPSA) is 12.0 Å². The van der Waals surface area contributed by atoms with E-state index in [0.717, 1.165) is 22.2 Å². The van der Waals surface area contributed by atoms with Crippen LogP contribution < -0.4 is 5.32 Å². The monoisotopic (exact) mass is 309 g/mol. The Morgan fingerprint density at radius 1 is 1.20 bits per heavy atom. The molecule has 20 heavy (non-hydrogen) atoms. The summed E-state index contributed by atoms with van der Waals surface area (Å²) in [7, 11) is 0. The minimum absolute atomic E-state index is 0.00909. The normalized spacial score (nSPS) is 12.3. The van der Waals surface area contributed by atoms with E-state index in [2.05, 4.69) is 5.32 Å². The van der Waals surface area contributed by atoms with Gasteiger partial charge < -0.3 is 5.32 Å². The second-order valence-electron chi connectivity index (χ2n) is 4.40. The van der Waals surface area contributed by atoms with Crippen molar-refractivity contribution in [1.29, 1.82) is 0 Å². The molecule has 0 bridgehead atoms. The summed E-state index contributed by atoms with van der Waals surface area (Å²) in [4.78, 5) is 1.09. The number of rotatable bonds is 6. The third kappa shape index (κ3) is 4.23. The lowest BCUT2D eigenvalue weighted by Crippen LogP contribution is -2.23. The first kappa shape index (κ1) is 15.4. The number of nitrogens with one attached hydrogen (secondary N) is 1. The van der Waals surface area contributed by atoms with Gasteiger partial charge in [0.15, 0.2) is 0 Å². The molecule has 0 saturated carbocycles. The minimum atomic E-state index is -0.162. The van der Waals surface area contributed by atoms with E-state index in [0.29, 0.717) is 5.56 Å². The lowest BCUT2D eigenvalue weighted by Gasteiger charge is -2.18. The van der Waals surface area contributed by atoms with Gasteiger partial charge in [-0.1, -0.05) is 42.8 Å². The summed E-state index contributed by atoms with van der Waals surface area (Å²) < 4.78 is 13.9. The fraction of sp³-hybridized carbons (Fsp3) is 0.250. The van der Waals surface area contributed by atoms with Crippen LogP contribution in [0.2, 0.25) is 5.02 Å². The molecule has 0 spiro atoms. The Morgan fingerprint density at radius 3 is 2.70 bits per heavy atom. The highest BCUT2D eigenvalue weighted by Crippen LogP contribution is 2.27. The molecule has 0 amide bonds. The van der Waals surface area contributed by atoms with Gasteiger partial charge in [-0.3, -0.25) is 0 Å². The second-order valence-corrected chi connectivity index (χ2v) is 5.93. The number of hydrogen-bond acceptors (Lipinski definition) is 2. The molecule has 2 aromatic rings. The third-order valence-corrected chi connectivity index (χ3v) is 4.27. The average molecular weight is 310 g/mol. The highest BCUT2D eigenvalue weighted by Gasteiger charge is 2.14. The SMILES string of the molecule is CCNC(CSc1cccc(Cl)c1)c1ccccc1F. The molecule has 0 aliphatic rings. The summed E-state index contributed by atoms with van der Waals surface area (Å²) in [6, 6.07) is 14.6. The summed E-state index contributed by atoms with van der Waals surface area (Å²) in [5.41, 5.74) is 0.712. The first-order valence-electron chi connectivity index (χ1n) is 6.57. The Labute approximate surface area is 128 Å². The largest absolute Gasteiger partial charge is 0.309 e. The van der Waals surface area contributed by atoms with Crippen LogP contribution in [-0.4, -0.2) is 12.3 Å². The van der Waals surface area contributed by atoms with Gasteiger partial charge in [0.1, 0.15) is 5.82 Å². The molecule has 1 atom stereocenters. The number of thioether (sulfide) groups is 1. The van der Waals surface area contributed by atoms with E-state index < -0.39 is 0 Å². The van der Waals surface area contributed by atoms with E-state index in [1.807, 2.05) is 43.3 Å². The lowest BCUT2D eigenvalue weighted by molar-refractivity contribution is 0.545. The van der Waals surface area contributed by atoms with Gasteiger partial charge in [0.05, 0.1) is 0 Å². The molecular formula is C16H17ClFNS. The van der Waals surface area contributed by atoms with E-state index >= 15 is 0 Å². The van der Waals surface area contributed by atoms with Gasteiger partial charge in [0, 0.05) is 27.3 Å². The van der Waals surface area contributed by atoms with Crippen molar-refractivity contribution in [1.82, 2.24) is 5.32 Å². The van der Waals surface area contributed by atoms with Gasteiger partial charge >= 0.3 is 0 Å². The first-order valence-corrected chi connectivity index (χ1v) is 7.93. The van der Waals surface area contributed by atoms with Crippen molar-refractivity contribution in [2.24, 2.45) is 0 Å². The molecule has 106 valence electrons. The lowest BCUT2D eigenvalue weighted by atomic mass is 10.1. The van der Waals surface area contributed by atoms with Crippen molar-refractivity contribution < 1.29 is 4.39 Å². The molecule has 2 aromatic carbocycles. The number of halogens is 2. The van der Waals surface area contributed by atoms with E-state index in [1.54, 1.807) is 17.8 Å². The fourth-order valence-corrected chi connectivity index (χ4v) is 3.30. The van der Waals surface area contributed by atoms with E-state index in [1.165, 1.54) is 6.07 Å². The van der Waals surface area contributed by atoms with Crippen molar-refractivity contribution in [3.05, 3.63) is 64.9 Å². The standard InChI is InChI=1S/C16H17ClFNS/c1-2-19-16(14-8-3-4-9-15(14)18)11-20-13-7-5-6-12(17)10-13/h3-10,16,19H,2,11H2,1H3. The average Bonchev–Trinajstić information content (AvgIpc) is 2.44. The van der Waals surface area contributed by atoms with Gasteiger partial charge in [0.2, 0.25) is 0 Å². The second kappa shape index (κ2) is 7.67. The van der Waals surface area contributed by atoms with Crippen molar-refractivity contribution >= 4 is 23.4 Å².